The fourth-order valence-electron chi connectivity index (χ4n) is 2.57. The Balaban J connectivity index is 1.51. The van der Waals surface area contributed by atoms with Crippen LogP contribution in [0.3, 0.4) is 0 Å². The van der Waals surface area contributed by atoms with Crippen molar-refractivity contribution in [3.63, 3.8) is 0 Å². The fraction of sp³-hybridized carbons (Fsp3) is 0.714. The molecule has 0 spiro atoms. The monoisotopic (exact) mass is 324 g/mol. The van der Waals surface area contributed by atoms with E-state index in [-0.39, 0.29) is 0 Å². The third kappa shape index (κ3) is 3.89. The molecule has 3 rings (SSSR count). The number of nitrogens with zero attached hydrogens (tertiary/aromatic N) is 3. The Hall–Kier alpha value is -0.680. The Morgan fingerprint density at radius 2 is 2.00 bits per heavy atom. The van der Waals surface area contributed by atoms with E-state index in [2.05, 4.69) is 36.1 Å². The highest BCUT2D eigenvalue weighted by molar-refractivity contribution is 9.10. The van der Waals surface area contributed by atoms with Gasteiger partial charge in [0.2, 0.25) is 0 Å². The lowest BCUT2D eigenvalue weighted by atomic mass is 10.1. The van der Waals surface area contributed by atoms with Crippen LogP contribution >= 0.6 is 15.9 Å². The number of rotatable bonds is 5. The third-order valence-corrected chi connectivity index (χ3v) is 4.24. The highest BCUT2D eigenvalue weighted by Crippen LogP contribution is 2.38. The van der Waals surface area contributed by atoms with Gasteiger partial charge in [-0.05, 0) is 54.7 Å². The molecule has 0 atom stereocenters. The lowest BCUT2D eigenvalue weighted by Crippen LogP contribution is -2.33. The molecule has 0 unspecified atom stereocenters. The quantitative estimate of drug-likeness (QED) is 0.845. The van der Waals surface area contributed by atoms with Crippen LogP contribution in [0.5, 0.6) is 0 Å². The average Bonchev–Trinajstić information content (AvgIpc) is 3.24. The van der Waals surface area contributed by atoms with Gasteiger partial charge in [-0.2, -0.15) is 0 Å². The van der Waals surface area contributed by atoms with Crippen molar-refractivity contribution in [3.05, 3.63) is 16.5 Å². The fourth-order valence-corrected chi connectivity index (χ4v) is 2.97. The topological polar surface area (TPSA) is 41.0 Å². The molecule has 0 radical (unpaired) electrons. The molecule has 1 saturated carbocycles. The lowest BCUT2D eigenvalue weighted by Gasteiger charge is -2.26. The minimum absolute atomic E-state index is 0.597. The normalized spacial score (nSPS) is 20.5. The van der Waals surface area contributed by atoms with Gasteiger partial charge >= 0.3 is 0 Å². The summed E-state index contributed by atoms with van der Waals surface area (Å²) in [5.74, 6) is 2.55. The van der Waals surface area contributed by atoms with Crippen molar-refractivity contribution in [1.82, 2.24) is 14.9 Å². The molecule has 1 saturated heterocycles. The standard InChI is InChI=1S/C14H21BrN4/c15-12-10-13(18-14(17-12)11-4-5-11)16-6-9-19-7-2-1-3-8-19/h10-11H,1-9H2,(H,16,17,18). The lowest BCUT2D eigenvalue weighted by molar-refractivity contribution is 0.237. The zero-order valence-electron chi connectivity index (χ0n) is 11.2. The number of nitrogens with one attached hydrogen (secondary N) is 1. The van der Waals surface area contributed by atoms with Crippen LogP contribution in [-0.2, 0) is 0 Å². The molecule has 1 aromatic heterocycles. The van der Waals surface area contributed by atoms with E-state index in [1.807, 2.05) is 6.07 Å². The minimum Gasteiger partial charge on any atom is -0.369 e. The van der Waals surface area contributed by atoms with E-state index in [4.69, 9.17) is 0 Å². The van der Waals surface area contributed by atoms with Gasteiger partial charge in [-0.3, -0.25) is 0 Å². The Bertz CT molecular complexity index is 427. The number of halogens is 1. The maximum atomic E-state index is 4.61. The van der Waals surface area contributed by atoms with Crippen molar-refractivity contribution in [2.45, 2.75) is 38.0 Å². The molecule has 1 aromatic rings. The number of likely N-dealkylation sites (tertiary alicyclic amines) is 1. The smallest absolute Gasteiger partial charge is 0.135 e. The summed E-state index contributed by atoms with van der Waals surface area (Å²) in [5, 5.41) is 3.43. The van der Waals surface area contributed by atoms with Gasteiger partial charge in [0, 0.05) is 25.1 Å². The van der Waals surface area contributed by atoms with E-state index in [1.165, 1.54) is 45.2 Å². The molecule has 4 nitrogen and oxygen atoms in total. The van der Waals surface area contributed by atoms with Crippen LogP contribution in [0, 0.1) is 0 Å². The zero-order valence-corrected chi connectivity index (χ0v) is 12.8. The first-order valence-corrected chi connectivity index (χ1v) is 8.11. The first-order valence-electron chi connectivity index (χ1n) is 7.32. The molecule has 2 heterocycles. The van der Waals surface area contributed by atoms with Gasteiger partial charge in [-0.1, -0.05) is 6.42 Å². The molecule has 0 bridgehead atoms. The number of anilines is 1. The highest BCUT2D eigenvalue weighted by Gasteiger charge is 2.27. The second kappa shape index (κ2) is 6.18. The second-order valence-electron chi connectivity index (χ2n) is 5.54. The maximum absolute atomic E-state index is 4.61. The van der Waals surface area contributed by atoms with Crippen molar-refractivity contribution in [2.75, 3.05) is 31.5 Å². The maximum Gasteiger partial charge on any atom is 0.135 e. The predicted octanol–water partition coefficient (Wildman–Crippen LogP) is 3.01. The molecule has 2 fully saturated rings. The van der Waals surface area contributed by atoms with E-state index in [9.17, 15) is 0 Å². The Morgan fingerprint density at radius 1 is 1.21 bits per heavy atom. The van der Waals surface area contributed by atoms with Crippen molar-refractivity contribution >= 4 is 21.7 Å². The van der Waals surface area contributed by atoms with Crippen molar-refractivity contribution in [2.24, 2.45) is 0 Å². The van der Waals surface area contributed by atoms with Crippen LogP contribution in [0.25, 0.3) is 0 Å². The van der Waals surface area contributed by atoms with Crippen LogP contribution in [0.2, 0.25) is 0 Å². The van der Waals surface area contributed by atoms with Crippen LogP contribution in [0.15, 0.2) is 10.7 Å². The van der Waals surface area contributed by atoms with Crippen LogP contribution in [0.1, 0.15) is 43.8 Å². The number of hydrogen-bond donors (Lipinski definition) is 1. The van der Waals surface area contributed by atoms with Crippen molar-refractivity contribution in [1.29, 1.82) is 0 Å². The first kappa shape index (κ1) is 13.3. The summed E-state index contributed by atoms with van der Waals surface area (Å²) < 4.78 is 0.893. The Labute approximate surface area is 123 Å². The highest BCUT2D eigenvalue weighted by atomic mass is 79.9. The largest absolute Gasteiger partial charge is 0.369 e. The molecule has 1 aliphatic carbocycles. The van der Waals surface area contributed by atoms with Gasteiger partial charge in [0.15, 0.2) is 0 Å². The summed E-state index contributed by atoms with van der Waals surface area (Å²) in [6.45, 7) is 4.58. The molecular weight excluding hydrogens is 304 g/mol. The predicted molar refractivity (Wildman–Crippen MR) is 80.5 cm³/mol. The SMILES string of the molecule is Brc1cc(NCCN2CCCCC2)nc(C2CC2)n1. The van der Waals surface area contributed by atoms with E-state index in [1.54, 1.807) is 0 Å². The minimum atomic E-state index is 0.597. The molecule has 1 N–H and O–H groups in total. The number of aromatic nitrogens is 2. The summed E-state index contributed by atoms with van der Waals surface area (Å²) >= 11 is 3.48. The molecule has 0 aromatic carbocycles. The molecule has 104 valence electrons. The van der Waals surface area contributed by atoms with Gasteiger partial charge < -0.3 is 10.2 Å². The van der Waals surface area contributed by atoms with Gasteiger partial charge in [0.05, 0.1) is 0 Å². The third-order valence-electron chi connectivity index (χ3n) is 3.84. The van der Waals surface area contributed by atoms with Crippen LogP contribution < -0.4 is 5.32 Å². The summed E-state index contributed by atoms with van der Waals surface area (Å²) in [6.07, 6.45) is 6.58. The van der Waals surface area contributed by atoms with Crippen LogP contribution in [-0.4, -0.2) is 41.0 Å². The molecule has 1 aliphatic heterocycles. The first-order chi connectivity index (χ1) is 9.31. The Morgan fingerprint density at radius 3 is 2.74 bits per heavy atom. The zero-order chi connectivity index (χ0) is 13.1. The summed E-state index contributed by atoms with van der Waals surface area (Å²) in [4.78, 5) is 11.6. The van der Waals surface area contributed by atoms with Gasteiger partial charge in [-0.25, -0.2) is 9.97 Å². The summed E-state index contributed by atoms with van der Waals surface area (Å²) in [6, 6.07) is 1.97. The van der Waals surface area contributed by atoms with E-state index in [0.29, 0.717) is 5.92 Å². The number of piperidine rings is 1. The van der Waals surface area contributed by atoms with Gasteiger partial charge in [0.1, 0.15) is 16.2 Å². The molecule has 2 aliphatic rings. The number of hydrogen-bond acceptors (Lipinski definition) is 4. The van der Waals surface area contributed by atoms with E-state index >= 15 is 0 Å². The molecule has 0 amide bonds. The van der Waals surface area contributed by atoms with Crippen LogP contribution in [0.4, 0.5) is 5.82 Å². The van der Waals surface area contributed by atoms with Crippen molar-refractivity contribution < 1.29 is 0 Å². The van der Waals surface area contributed by atoms with E-state index in [0.717, 1.165) is 29.3 Å². The van der Waals surface area contributed by atoms with Crippen molar-refractivity contribution in [3.8, 4) is 0 Å². The molecule has 19 heavy (non-hydrogen) atoms. The summed E-state index contributed by atoms with van der Waals surface area (Å²) in [5.41, 5.74) is 0. The van der Waals surface area contributed by atoms with E-state index < -0.39 is 0 Å². The average molecular weight is 325 g/mol. The summed E-state index contributed by atoms with van der Waals surface area (Å²) in [7, 11) is 0. The molecular formula is C14H21BrN4. The van der Waals surface area contributed by atoms with Gasteiger partial charge in [-0.15, -0.1) is 0 Å². The molecule has 5 heteroatoms. The Kier molecular flexibility index (Phi) is 4.33. The van der Waals surface area contributed by atoms with Gasteiger partial charge in [0.25, 0.3) is 0 Å². The second-order valence-corrected chi connectivity index (χ2v) is 6.35.